The van der Waals surface area contributed by atoms with Gasteiger partial charge in [-0.2, -0.15) is 0 Å². The van der Waals surface area contributed by atoms with E-state index in [1.54, 1.807) is 12.1 Å². The average molecular weight is 507 g/mol. The maximum Gasteiger partial charge on any atom is 0.235 e. The summed E-state index contributed by atoms with van der Waals surface area (Å²) < 4.78 is 6.63. The number of amides is 2. The van der Waals surface area contributed by atoms with Gasteiger partial charge in [0.25, 0.3) is 0 Å². The second-order valence-corrected chi connectivity index (χ2v) is 10.0. The quantitative estimate of drug-likeness (QED) is 0.467. The van der Waals surface area contributed by atoms with Crippen LogP contribution in [-0.2, 0) is 14.3 Å². The Hall–Kier alpha value is -2.77. The third kappa shape index (κ3) is 3.21. The van der Waals surface area contributed by atoms with E-state index in [1.807, 2.05) is 53.5 Å². The molecule has 0 bridgehead atoms. The molecule has 6 rings (SSSR count). The fraction of sp³-hybridized carbons (Fsp3) is 0.346. The number of hydrogen-bond acceptors (Lipinski definition) is 5. The van der Waals surface area contributed by atoms with Crippen LogP contribution in [0, 0.1) is 11.8 Å². The van der Waals surface area contributed by atoms with Gasteiger partial charge in [-0.1, -0.05) is 58.4 Å². The van der Waals surface area contributed by atoms with Crippen LogP contribution in [-0.4, -0.2) is 53.8 Å². The van der Waals surface area contributed by atoms with Gasteiger partial charge >= 0.3 is 0 Å². The van der Waals surface area contributed by atoms with E-state index in [0.29, 0.717) is 12.2 Å². The van der Waals surface area contributed by atoms with E-state index >= 15 is 0 Å². The second kappa shape index (κ2) is 7.92. The largest absolute Gasteiger partial charge is 0.376 e. The number of Topliss-reactive ketones (excluding diaryl/α,β-unsaturated/α-hetero) is 1. The molecule has 4 heterocycles. The summed E-state index contributed by atoms with van der Waals surface area (Å²) in [7, 11) is 0. The third-order valence-corrected chi connectivity index (χ3v) is 7.79. The molecule has 3 saturated heterocycles. The molecule has 3 fully saturated rings. The fourth-order valence-electron chi connectivity index (χ4n) is 5.85. The Balaban J connectivity index is 1.44. The number of fused-ring (bicyclic) bond motifs is 5. The number of imide groups is 1. The number of nitrogens with zero attached hydrogens (tertiary/aromatic N) is 2. The first-order valence-electron chi connectivity index (χ1n) is 11.4. The van der Waals surface area contributed by atoms with Crippen molar-refractivity contribution in [2.75, 3.05) is 18.1 Å². The molecule has 0 N–H and O–H groups in total. The highest BCUT2D eigenvalue weighted by Crippen LogP contribution is 2.49. The summed E-state index contributed by atoms with van der Waals surface area (Å²) in [5, 5.41) is 0. The van der Waals surface area contributed by atoms with Gasteiger partial charge in [-0.3, -0.25) is 19.3 Å². The lowest BCUT2D eigenvalue weighted by Crippen LogP contribution is -2.49. The van der Waals surface area contributed by atoms with E-state index in [9.17, 15) is 14.4 Å². The molecule has 0 unspecified atom stereocenters. The molecular formula is C26H23BrN2O4. The van der Waals surface area contributed by atoms with Crippen LogP contribution >= 0.6 is 15.9 Å². The van der Waals surface area contributed by atoms with Gasteiger partial charge in [-0.15, -0.1) is 0 Å². The van der Waals surface area contributed by atoms with Crippen LogP contribution in [0.2, 0.25) is 0 Å². The van der Waals surface area contributed by atoms with Crippen molar-refractivity contribution >= 4 is 45.3 Å². The molecule has 2 amide bonds. The highest BCUT2D eigenvalue weighted by molar-refractivity contribution is 9.10. The zero-order valence-corrected chi connectivity index (χ0v) is 19.5. The summed E-state index contributed by atoms with van der Waals surface area (Å²) >= 11 is 3.51. The average Bonchev–Trinajstić information content (AvgIpc) is 3.52. The predicted molar refractivity (Wildman–Crippen MR) is 127 cm³/mol. The summed E-state index contributed by atoms with van der Waals surface area (Å²) in [5.41, 5.74) is 2.39. The lowest BCUT2D eigenvalue weighted by Gasteiger charge is -2.36. The Labute approximate surface area is 200 Å². The number of ketones is 1. The summed E-state index contributed by atoms with van der Waals surface area (Å²) in [6.07, 6.45) is 5.64. The van der Waals surface area contributed by atoms with E-state index in [0.717, 1.165) is 28.6 Å². The minimum atomic E-state index is -0.738. The van der Waals surface area contributed by atoms with Gasteiger partial charge in [0.15, 0.2) is 5.78 Å². The highest BCUT2D eigenvalue weighted by atomic mass is 79.9. The number of halogens is 1. The van der Waals surface area contributed by atoms with E-state index in [4.69, 9.17) is 4.74 Å². The first-order valence-corrected chi connectivity index (χ1v) is 12.2. The van der Waals surface area contributed by atoms with Crippen molar-refractivity contribution in [3.8, 4) is 0 Å². The van der Waals surface area contributed by atoms with Gasteiger partial charge in [-0.25, -0.2) is 0 Å². The molecule has 0 aromatic heterocycles. The fourth-order valence-corrected chi connectivity index (χ4v) is 6.23. The molecule has 4 aliphatic rings. The van der Waals surface area contributed by atoms with Crippen molar-refractivity contribution in [1.82, 2.24) is 4.90 Å². The Bertz CT molecular complexity index is 1170. The molecule has 0 saturated carbocycles. The van der Waals surface area contributed by atoms with Crippen molar-refractivity contribution in [1.29, 1.82) is 0 Å². The number of likely N-dealkylation sites (tertiary alicyclic amines) is 1. The summed E-state index contributed by atoms with van der Waals surface area (Å²) in [6.45, 7) is 0.936. The van der Waals surface area contributed by atoms with Crippen molar-refractivity contribution in [3.05, 3.63) is 70.2 Å². The normalized spacial score (nSPS) is 29.9. The molecule has 7 heteroatoms. The minimum Gasteiger partial charge on any atom is -0.376 e. The van der Waals surface area contributed by atoms with Crippen molar-refractivity contribution in [2.45, 2.75) is 31.0 Å². The van der Waals surface area contributed by atoms with E-state index in [2.05, 4.69) is 15.9 Å². The van der Waals surface area contributed by atoms with Gasteiger partial charge in [0.2, 0.25) is 11.8 Å². The molecular weight excluding hydrogens is 484 g/mol. The lowest BCUT2D eigenvalue weighted by atomic mass is 9.86. The van der Waals surface area contributed by atoms with Crippen LogP contribution in [0.1, 0.15) is 28.8 Å². The Morgan fingerprint density at radius 1 is 1.06 bits per heavy atom. The highest BCUT2D eigenvalue weighted by Gasteiger charge is 2.64. The zero-order chi connectivity index (χ0) is 22.7. The molecule has 0 radical (unpaired) electrons. The molecule has 0 spiro atoms. The Morgan fingerprint density at radius 2 is 1.85 bits per heavy atom. The maximum atomic E-state index is 13.8. The molecule has 168 valence electrons. The van der Waals surface area contributed by atoms with Crippen LogP contribution in [0.5, 0.6) is 0 Å². The molecule has 6 nitrogen and oxygen atoms in total. The molecule has 4 aliphatic heterocycles. The topological polar surface area (TPSA) is 66.9 Å². The van der Waals surface area contributed by atoms with E-state index < -0.39 is 17.9 Å². The second-order valence-electron chi connectivity index (χ2n) is 9.11. The number of carbonyl (C=O) groups excluding carboxylic acids is 3. The number of anilines is 1. The summed E-state index contributed by atoms with van der Waals surface area (Å²) in [5.74, 6) is -1.86. The van der Waals surface area contributed by atoms with Crippen LogP contribution in [0.15, 0.2) is 59.1 Å². The standard InChI is InChI=1S/C26H23BrN2O4/c27-17-9-11-19-16(13-17)8-10-20-21-22(23(29(19)20)24(30)15-5-2-1-3-6-15)26(32)28(25(21)31)14-18-7-4-12-33-18/h1-3,5-6,8-11,13,18,20-23H,4,7,12,14H2/t18-,20+,21-,22+,23-/m0/s1. The SMILES string of the molecule is O=C(c1ccccc1)[C@@H]1[C@@H]2C(=O)N(C[C@@H]3CCCO3)C(=O)[C@H]2[C@H]2C=Cc3cc(Br)ccc3N21. The summed E-state index contributed by atoms with van der Waals surface area (Å²) in [4.78, 5) is 44.5. The van der Waals surface area contributed by atoms with Gasteiger partial charge in [0, 0.05) is 22.3 Å². The number of benzene rings is 2. The smallest absolute Gasteiger partial charge is 0.235 e. The molecule has 2 aromatic carbocycles. The van der Waals surface area contributed by atoms with Gasteiger partial charge in [0.1, 0.15) is 6.04 Å². The summed E-state index contributed by atoms with van der Waals surface area (Å²) in [6, 6.07) is 13.9. The van der Waals surface area contributed by atoms with Gasteiger partial charge in [0.05, 0.1) is 30.5 Å². The Morgan fingerprint density at radius 3 is 2.61 bits per heavy atom. The number of carbonyl (C=O) groups is 3. The van der Waals surface area contributed by atoms with Gasteiger partial charge in [-0.05, 0) is 36.6 Å². The first kappa shape index (κ1) is 20.8. The number of ether oxygens (including phenoxy) is 1. The molecule has 33 heavy (non-hydrogen) atoms. The monoisotopic (exact) mass is 506 g/mol. The van der Waals surface area contributed by atoms with E-state index in [-0.39, 0.29) is 36.3 Å². The molecule has 0 aliphatic carbocycles. The lowest BCUT2D eigenvalue weighted by molar-refractivity contribution is -0.142. The number of rotatable bonds is 4. The minimum absolute atomic E-state index is 0.115. The van der Waals surface area contributed by atoms with Crippen molar-refractivity contribution < 1.29 is 19.1 Å². The predicted octanol–water partition coefficient (Wildman–Crippen LogP) is 3.70. The number of hydrogen-bond donors (Lipinski definition) is 0. The van der Waals surface area contributed by atoms with Crippen LogP contribution in [0.3, 0.4) is 0 Å². The Kier molecular flexibility index (Phi) is 4.99. The van der Waals surface area contributed by atoms with Crippen molar-refractivity contribution in [2.24, 2.45) is 11.8 Å². The van der Waals surface area contributed by atoms with Gasteiger partial charge < -0.3 is 9.64 Å². The van der Waals surface area contributed by atoms with Crippen LogP contribution in [0.4, 0.5) is 5.69 Å². The molecule has 5 atom stereocenters. The van der Waals surface area contributed by atoms with Crippen LogP contribution in [0.25, 0.3) is 6.08 Å². The zero-order valence-electron chi connectivity index (χ0n) is 17.9. The van der Waals surface area contributed by atoms with Crippen molar-refractivity contribution in [3.63, 3.8) is 0 Å². The first-order chi connectivity index (χ1) is 16.0. The van der Waals surface area contributed by atoms with E-state index in [1.165, 1.54) is 4.90 Å². The van der Waals surface area contributed by atoms with Crippen LogP contribution < -0.4 is 4.90 Å². The third-order valence-electron chi connectivity index (χ3n) is 7.30. The molecule has 2 aromatic rings. The maximum absolute atomic E-state index is 13.8.